The fraction of sp³-hybridized carbons (Fsp3) is 0. The van der Waals surface area contributed by atoms with Gasteiger partial charge in [-0.25, -0.2) is 9.97 Å². The lowest BCUT2D eigenvalue weighted by Crippen LogP contribution is -2.04. The minimum absolute atomic E-state index is 0.558. The van der Waals surface area contributed by atoms with E-state index in [0.29, 0.717) is 11.5 Å². The van der Waals surface area contributed by atoms with Crippen molar-refractivity contribution < 1.29 is 0 Å². The molecule has 0 aliphatic heterocycles. The number of aromatic nitrogens is 6. The molecule has 0 fully saturated rings. The molecule has 0 N–H and O–H groups in total. The van der Waals surface area contributed by atoms with E-state index >= 15 is 0 Å². The predicted molar refractivity (Wildman–Crippen MR) is 346 cm³/mol. The third-order valence-corrected chi connectivity index (χ3v) is 17.0. The van der Waals surface area contributed by atoms with Crippen LogP contribution in [0.2, 0.25) is 0 Å². The number of benzene rings is 12. The van der Waals surface area contributed by atoms with Gasteiger partial charge >= 0.3 is 0 Å². The Morgan fingerprint density at radius 2 is 0.560 bits per heavy atom. The second-order valence-electron chi connectivity index (χ2n) is 21.7. The number of fused-ring (bicyclic) bond motifs is 12. The highest BCUT2D eigenvalue weighted by Gasteiger charge is 2.21. The zero-order chi connectivity index (χ0) is 55.4. The maximum atomic E-state index is 9.78. The molecule has 7 nitrogen and oxygen atoms in total. The Morgan fingerprint density at radius 3 is 1.02 bits per heavy atom. The van der Waals surface area contributed by atoms with Crippen molar-refractivity contribution in [3.63, 3.8) is 0 Å². The van der Waals surface area contributed by atoms with E-state index in [1.165, 1.54) is 54.4 Å². The van der Waals surface area contributed by atoms with E-state index in [4.69, 9.17) is 9.97 Å². The van der Waals surface area contributed by atoms with Crippen molar-refractivity contribution in [2.45, 2.75) is 0 Å². The van der Waals surface area contributed by atoms with Gasteiger partial charge in [0.25, 0.3) is 0 Å². The third kappa shape index (κ3) is 7.38. The number of hydrogen-bond donors (Lipinski definition) is 0. The minimum atomic E-state index is 0.558. The summed E-state index contributed by atoms with van der Waals surface area (Å²) in [5.74, 6) is 0.558. The lowest BCUT2D eigenvalue weighted by molar-refractivity contribution is 0.995. The molecule has 12 aromatic carbocycles. The minimum Gasteiger partial charge on any atom is -0.309 e. The van der Waals surface area contributed by atoms with Crippen molar-refractivity contribution in [1.82, 2.24) is 28.2 Å². The SMILES string of the molecule is N#Cc1ccc(-c2cc(-c3ccc(-n4c5ccccc5c5ccc(-c6ccc7c(c6)c6ccccc6n7-c6ccccc6)cc54)cc3)nc(-n3c4ccccc4c4cc(-c5ccc6c(c5)c5ccccc5n6-c5ccccc5)ccc43)n2)cc1. The molecule has 0 saturated carbocycles. The first kappa shape index (κ1) is 47.2. The maximum Gasteiger partial charge on any atom is 0.235 e. The molecule has 5 heterocycles. The normalized spacial score (nSPS) is 11.8. The number of hydrogen-bond acceptors (Lipinski definition) is 3. The molecule has 7 heteroatoms. The van der Waals surface area contributed by atoms with Gasteiger partial charge in [-0.05, 0) is 144 Å². The van der Waals surface area contributed by atoms with Crippen LogP contribution in [0.4, 0.5) is 0 Å². The summed E-state index contributed by atoms with van der Waals surface area (Å²) >= 11 is 0. The summed E-state index contributed by atoms with van der Waals surface area (Å²) in [4.78, 5) is 10.8. The Balaban J connectivity index is 0.782. The molecule has 0 radical (unpaired) electrons. The van der Waals surface area contributed by atoms with E-state index in [2.05, 4.69) is 285 Å². The molecule has 0 unspecified atom stereocenters. The van der Waals surface area contributed by atoms with Crippen LogP contribution in [0.3, 0.4) is 0 Å². The molecule has 84 heavy (non-hydrogen) atoms. The molecule has 0 amide bonds. The van der Waals surface area contributed by atoms with Gasteiger partial charge in [0.15, 0.2) is 0 Å². The first-order valence-corrected chi connectivity index (χ1v) is 28.4. The van der Waals surface area contributed by atoms with Crippen LogP contribution in [0.1, 0.15) is 5.56 Å². The average molecular weight is 1070 g/mol. The molecule has 0 atom stereocenters. The Bertz CT molecular complexity index is 5540. The van der Waals surface area contributed by atoms with Gasteiger partial charge in [0.2, 0.25) is 5.95 Å². The largest absolute Gasteiger partial charge is 0.309 e. The second-order valence-corrected chi connectivity index (χ2v) is 21.7. The zero-order valence-electron chi connectivity index (χ0n) is 45.3. The van der Waals surface area contributed by atoms with Crippen LogP contribution in [0.15, 0.2) is 285 Å². The number of rotatable bonds is 8. The topological polar surface area (TPSA) is 69.3 Å². The highest BCUT2D eigenvalue weighted by Crippen LogP contribution is 2.42. The van der Waals surface area contributed by atoms with E-state index < -0.39 is 0 Å². The molecule has 0 spiro atoms. The Morgan fingerprint density at radius 1 is 0.238 bits per heavy atom. The predicted octanol–water partition coefficient (Wildman–Crippen LogP) is 19.4. The molecule has 17 rings (SSSR count). The van der Waals surface area contributed by atoms with Gasteiger partial charge in [-0.1, -0.05) is 164 Å². The van der Waals surface area contributed by atoms with Crippen LogP contribution in [0.25, 0.3) is 155 Å². The Labute approximate surface area is 482 Å². The number of nitriles is 1. The van der Waals surface area contributed by atoms with Crippen LogP contribution in [0.5, 0.6) is 0 Å². The molecular formula is C77H47N7. The first-order valence-electron chi connectivity index (χ1n) is 28.4. The fourth-order valence-electron chi connectivity index (χ4n) is 13.1. The smallest absolute Gasteiger partial charge is 0.235 e. The van der Waals surface area contributed by atoms with Gasteiger partial charge in [0.1, 0.15) is 0 Å². The Hall–Kier alpha value is -11.6. The van der Waals surface area contributed by atoms with Crippen molar-refractivity contribution in [2.75, 3.05) is 0 Å². The van der Waals surface area contributed by atoms with Crippen LogP contribution >= 0.6 is 0 Å². The summed E-state index contributed by atoms with van der Waals surface area (Å²) < 4.78 is 9.31. The second kappa shape index (κ2) is 18.7. The summed E-state index contributed by atoms with van der Waals surface area (Å²) in [6.07, 6.45) is 0. The highest BCUT2D eigenvalue weighted by atomic mass is 15.2. The maximum absolute atomic E-state index is 9.78. The van der Waals surface area contributed by atoms with Gasteiger partial charge in [0.05, 0.1) is 67.2 Å². The zero-order valence-corrected chi connectivity index (χ0v) is 45.3. The monoisotopic (exact) mass is 1070 g/mol. The number of para-hydroxylation sites is 6. The van der Waals surface area contributed by atoms with E-state index in [1.807, 2.05) is 24.3 Å². The van der Waals surface area contributed by atoms with Crippen molar-refractivity contribution >= 4 is 87.2 Å². The summed E-state index contributed by atoms with van der Waals surface area (Å²) in [6.45, 7) is 0. The van der Waals surface area contributed by atoms with Crippen molar-refractivity contribution in [3.05, 3.63) is 291 Å². The molecular weight excluding hydrogens is 1020 g/mol. The molecule has 0 aliphatic rings. The van der Waals surface area contributed by atoms with Crippen LogP contribution < -0.4 is 0 Å². The first-order chi connectivity index (χ1) is 41.6. The van der Waals surface area contributed by atoms with E-state index in [9.17, 15) is 5.26 Å². The molecule has 390 valence electrons. The van der Waals surface area contributed by atoms with Gasteiger partial charge in [-0.3, -0.25) is 4.57 Å². The van der Waals surface area contributed by atoms with Gasteiger partial charge in [-0.2, -0.15) is 5.26 Å². The number of nitrogens with zero attached hydrogens (tertiary/aromatic N) is 7. The fourth-order valence-corrected chi connectivity index (χ4v) is 13.1. The van der Waals surface area contributed by atoms with Crippen molar-refractivity contribution in [3.8, 4) is 73.8 Å². The lowest BCUT2D eigenvalue weighted by atomic mass is 10.0. The van der Waals surface area contributed by atoms with Gasteiger partial charge in [-0.15, -0.1) is 0 Å². The quantitative estimate of drug-likeness (QED) is 0.152. The van der Waals surface area contributed by atoms with E-state index in [1.54, 1.807) is 0 Å². The Kier molecular flexibility index (Phi) is 10.5. The van der Waals surface area contributed by atoms with Crippen molar-refractivity contribution in [2.24, 2.45) is 0 Å². The molecule has 0 aliphatic carbocycles. The van der Waals surface area contributed by atoms with Gasteiger partial charge < -0.3 is 13.7 Å². The van der Waals surface area contributed by atoms with Crippen molar-refractivity contribution in [1.29, 1.82) is 5.26 Å². The standard InChI is InChI=1S/C77H47N7/c78-48-49-27-29-50(30-28-49)67-47-68(80-77(79-67)84-72-26-14-10-22-62(72)66-44-53(36-42-75(66)84)52-34-40-73-64(43-52)60-20-8-12-24-70(60)81(73)56-15-3-1-4-16-56)51-31-37-58(38-32-51)83-69-23-11-7-19-59(69)63-39-33-55(46-76(63)83)54-35-41-74-65(45-54)61-21-9-13-25-71(61)82(74)57-17-5-2-6-18-57/h1-47H. The molecule has 17 aromatic rings. The molecule has 0 bridgehead atoms. The molecule has 0 saturated heterocycles. The van der Waals surface area contributed by atoms with E-state index in [0.717, 1.165) is 94.7 Å². The lowest BCUT2D eigenvalue weighted by Gasteiger charge is -2.13. The van der Waals surface area contributed by atoms with Gasteiger partial charge in [0, 0.05) is 71.3 Å². The van der Waals surface area contributed by atoms with E-state index in [-0.39, 0.29) is 0 Å². The molecule has 5 aromatic heterocycles. The average Bonchev–Trinajstić information content (AvgIpc) is 3.36. The summed E-state index contributed by atoms with van der Waals surface area (Å²) in [5, 5.41) is 19.3. The highest BCUT2D eigenvalue weighted by molar-refractivity contribution is 6.14. The van der Waals surface area contributed by atoms with Crippen LogP contribution in [-0.2, 0) is 0 Å². The van der Waals surface area contributed by atoms with Crippen LogP contribution in [0, 0.1) is 11.3 Å². The summed E-state index contributed by atoms with van der Waals surface area (Å²) in [5.41, 5.74) is 20.9. The van der Waals surface area contributed by atoms with Crippen LogP contribution in [-0.4, -0.2) is 28.2 Å². The summed E-state index contributed by atoms with van der Waals surface area (Å²) in [6, 6.07) is 104. The summed E-state index contributed by atoms with van der Waals surface area (Å²) in [7, 11) is 0. The third-order valence-electron chi connectivity index (χ3n) is 17.0.